The Bertz CT molecular complexity index is 268. The molecular weight excluding hydrogens is 248 g/mol. The van der Waals surface area contributed by atoms with Gasteiger partial charge in [0.2, 0.25) is 0 Å². The smallest absolute Gasteiger partial charge is 0.0614 e. The van der Waals surface area contributed by atoms with Gasteiger partial charge in [0, 0.05) is 23.7 Å². The molecule has 120 valence electrons. The highest BCUT2D eigenvalue weighted by molar-refractivity contribution is 5.00. The maximum atomic E-state index is 9.84. The topological polar surface area (TPSA) is 35.5 Å². The summed E-state index contributed by atoms with van der Waals surface area (Å²) in [6.45, 7) is 12.7. The second kappa shape index (κ2) is 8.35. The summed E-state index contributed by atoms with van der Waals surface area (Å²) in [5, 5.41) is 13.5. The Balaban J connectivity index is 2.61. The number of nitrogens with zero attached hydrogens (tertiary/aromatic N) is 1. The molecule has 0 aromatic rings. The Hall–Kier alpha value is -0.120. The summed E-state index contributed by atoms with van der Waals surface area (Å²) in [5.74, 6) is 0. The standard InChI is InChI=1S/C17H36N2O/c1-6-7-8-11-19(15(4)5)16-9-10-17(12-16,13-20)18-14(2)3/h14-16,18,20H,6-13H2,1-5H3. The van der Waals surface area contributed by atoms with Crippen LogP contribution in [0.15, 0.2) is 0 Å². The Kier molecular flexibility index (Phi) is 7.49. The van der Waals surface area contributed by atoms with E-state index in [1.807, 2.05) is 0 Å². The quantitative estimate of drug-likeness (QED) is 0.638. The minimum absolute atomic E-state index is 0.0449. The first-order valence-corrected chi connectivity index (χ1v) is 8.58. The van der Waals surface area contributed by atoms with Crippen molar-refractivity contribution in [3.05, 3.63) is 0 Å². The number of aliphatic hydroxyl groups is 1. The van der Waals surface area contributed by atoms with Gasteiger partial charge in [0.15, 0.2) is 0 Å². The van der Waals surface area contributed by atoms with Crippen LogP contribution in [0.2, 0.25) is 0 Å². The van der Waals surface area contributed by atoms with Gasteiger partial charge in [0.1, 0.15) is 0 Å². The molecule has 0 saturated heterocycles. The fourth-order valence-corrected chi connectivity index (χ4v) is 3.72. The van der Waals surface area contributed by atoms with Crippen LogP contribution in [0.3, 0.4) is 0 Å². The van der Waals surface area contributed by atoms with Gasteiger partial charge in [0.25, 0.3) is 0 Å². The van der Waals surface area contributed by atoms with Gasteiger partial charge in [-0.25, -0.2) is 0 Å². The Morgan fingerprint density at radius 2 is 1.95 bits per heavy atom. The number of unbranched alkanes of at least 4 members (excludes halogenated alkanes) is 2. The molecule has 1 fully saturated rings. The molecule has 2 N–H and O–H groups in total. The van der Waals surface area contributed by atoms with Crippen molar-refractivity contribution in [2.24, 2.45) is 0 Å². The fourth-order valence-electron chi connectivity index (χ4n) is 3.72. The summed E-state index contributed by atoms with van der Waals surface area (Å²) in [5.41, 5.74) is -0.0449. The summed E-state index contributed by atoms with van der Waals surface area (Å²) in [7, 11) is 0. The number of nitrogens with one attached hydrogen (secondary N) is 1. The van der Waals surface area contributed by atoms with Crippen molar-refractivity contribution < 1.29 is 5.11 Å². The van der Waals surface area contributed by atoms with Crippen molar-refractivity contribution in [3.63, 3.8) is 0 Å². The lowest BCUT2D eigenvalue weighted by Crippen LogP contribution is -2.51. The first-order chi connectivity index (χ1) is 9.44. The maximum absolute atomic E-state index is 9.84. The molecule has 2 atom stereocenters. The largest absolute Gasteiger partial charge is 0.394 e. The normalized spacial score (nSPS) is 27.1. The number of hydrogen-bond acceptors (Lipinski definition) is 3. The lowest BCUT2D eigenvalue weighted by atomic mass is 9.97. The second-order valence-corrected chi connectivity index (χ2v) is 7.17. The van der Waals surface area contributed by atoms with Crippen LogP contribution in [-0.2, 0) is 0 Å². The van der Waals surface area contributed by atoms with E-state index >= 15 is 0 Å². The van der Waals surface area contributed by atoms with Crippen LogP contribution in [0.4, 0.5) is 0 Å². The monoisotopic (exact) mass is 284 g/mol. The highest BCUT2D eigenvalue weighted by atomic mass is 16.3. The Morgan fingerprint density at radius 3 is 2.45 bits per heavy atom. The van der Waals surface area contributed by atoms with Crippen molar-refractivity contribution >= 4 is 0 Å². The molecule has 1 rings (SSSR count). The van der Waals surface area contributed by atoms with Crippen LogP contribution >= 0.6 is 0 Å². The van der Waals surface area contributed by atoms with Crippen LogP contribution in [-0.4, -0.2) is 46.8 Å². The molecule has 0 aliphatic heterocycles. The first-order valence-electron chi connectivity index (χ1n) is 8.58. The third-order valence-electron chi connectivity index (χ3n) is 4.63. The molecule has 0 aromatic heterocycles. The summed E-state index contributed by atoms with van der Waals surface area (Å²) >= 11 is 0. The summed E-state index contributed by atoms with van der Waals surface area (Å²) in [4.78, 5) is 2.66. The van der Waals surface area contributed by atoms with Gasteiger partial charge in [-0.2, -0.15) is 0 Å². The molecule has 0 heterocycles. The van der Waals surface area contributed by atoms with Crippen LogP contribution in [0.5, 0.6) is 0 Å². The van der Waals surface area contributed by atoms with Gasteiger partial charge in [0.05, 0.1) is 6.61 Å². The highest BCUT2D eigenvalue weighted by Gasteiger charge is 2.41. The third-order valence-corrected chi connectivity index (χ3v) is 4.63. The molecule has 0 radical (unpaired) electrons. The van der Waals surface area contributed by atoms with E-state index in [9.17, 15) is 5.11 Å². The molecule has 1 aliphatic carbocycles. The van der Waals surface area contributed by atoms with E-state index in [1.165, 1.54) is 32.2 Å². The van der Waals surface area contributed by atoms with E-state index in [4.69, 9.17) is 0 Å². The maximum Gasteiger partial charge on any atom is 0.0614 e. The predicted molar refractivity (Wildman–Crippen MR) is 87.1 cm³/mol. The van der Waals surface area contributed by atoms with Gasteiger partial charge in [-0.3, -0.25) is 4.90 Å². The highest BCUT2D eigenvalue weighted by Crippen LogP contribution is 2.34. The van der Waals surface area contributed by atoms with E-state index in [2.05, 4.69) is 44.8 Å². The van der Waals surface area contributed by atoms with Gasteiger partial charge in [-0.15, -0.1) is 0 Å². The second-order valence-electron chi connectivity index (χ2n) is 7.17. The van der Waals surface area contributed by atoms with E-state index in [1.54, 1.807) is 0 Å². The van der Waals surface area contributed by atoms with E-state index in [0.29, 0.717) is 18.1 Å². The Labute approximate surface area is 126 Å². The van der Waals surface area contributed by atoms with Crippen LogP contribution in [0, 0.1) is 0 Å². The SMILES string of the molecule is CCCCCN(C(C)C)C1CCC(CO)(NC(C)C)C1. The zero-order valence-electron chi connectivity index (χ0n) is 14.3. The molecule has 0 spiro atoms. The van der Waals surface area contributed by atoms with E-state index < -0.39 is 0 Å². The molecule has 0 aromatic carbocycles. The van der Waals surface area contributed by atoms with Crippen molar-refractivity contribution in [1.29, 1.82) is 0 Å². The van der Waals surface area contributed by atoms with Gasteiger partial charge in [-0.1, -0.05) is 33.6 Å². The van der Waals surface area contributed by atoms with Crippen molar-refractivity contribution in [2.45, 2.75) is 96.8 Å². The summed E-state index contributed by atoms with van der Waals surface area (Å²) in [6.07, 6.45) is 7.31. The van der Waals surface area contributed by atoms with Gasteiger partial charge in [-0.05, 0) is 46.1 Å². The zero-order chi connectivity index (χ0) is 15.2. The van der Waals surface area contributed by atoms with Crippen LogP contribution in [0.1, 0.15) is 73.1 Å². The van der Waals surface area contributed by atoms with Crippen molar-refractivity contribution in [1.82, 2.24) is 10.2 Å². The third kappa shape index (κ3) is 5.01. The summed E-state index contributed by atoms with van der Waals surface area (Å²) < 4.78 is 0. The Morgan fingerprint density at radius 1 is 1.25 bits per heavy atom. The van der Waals surface area contributed by atoms with Crippen molar-refractivity contribution in [2.75, 3.05) is 13.2 Å². The predicted octanol–water partition coefficient (Wildman–Crippen LogP) is 3.17. The molecule has 0 amide bonds. The minimum Gasteiger partial charge on any atom is -0.394 e. The minimum atomic E-state index is -0.0449. The van der Waals surface area contributed by atoms with E-state index in [-0.39, 0.29) is 12.1 Å². The van der Waals surface area contributed by atoms with Crippen molar-refractivity contribution in [3.8, 4) is 0 Å². The molecule has 3 heteroatoms. The molecule has 1 saturated carbocycles. The molecule has 2 unspecified atom stereocenters. The van der Waals surface area contributed by atoms with E-state index in [0.717, 1.165) is 12.8 Å². The average molecular weight is 284 g/mol. The lowest BCUT2D eigenvalue weighted by Gasteiger charge is -2.36. The number of rotatable bonds is 9. The molecule has 0 bridgehead atoms. The molecular formula is C17H36N2O. The molecule has 1 aliphatic rings. The van der Waals surface area contributed by atoms with Crippen LogP contribution in [0.25, 0.3) is 0 Å². The number of aliphatic hydroxyl groups excluding tert-OH is 1. The zero-order valence-corrected chi connectivity index (χ0v) is 14.3. The summed E-state index contributed by atoms with van der Waals surface area (Å²) in [6, 6.07) is 1.67. The molecule has 20 heavy (non-hydrogen) atoms. The first kappa shape index (κ1) is 17.9. The van der Waals surface area contributed by atoms with Gasteiger partial charge >= 0.3 is 0 Å². The average Bonchev–Trinajstić information content (AvgIpc) is 2.78. The molecule has 3 nitrogen and oxygen atoms in total. The number of hydrogen-bond donors (Lipinski definition) is 2. The van der Waals surface area contributed by atoms with Crippen LogP contribution < -0.4 is 5.32 Å². The fraction of sp³-hybridized carbons (Fsp3) is 1.00. The van der Waals surface area contributed by atoms with Gasteiger partial charge < -0.3 is 10.4 Å². The lowest BCUT2D eigenvalue weighted by molar-refractivity contribution is 0.119.